The van der Waals surface area contributed by atoms with Crippen molar-refractivity contribution in [2.45, 2.75) is 13.3 Å². The second-order valence-electron chi connectivity index (χ2n) is 3.79. The third-order valence-electron chi connectivity index (χ3n) is 2.37. The molecule has 5 nitrogen and oxygen atoms in total. The van der Waals surface area contributed by atoms with Gasteiger partial charge < -0.3 is 15.5 Å². The first-order chi connectivity index (χ1) is 8.99. The van der Waals surface area contributed by atoms with Crippen molar-refractivity contribution in [2.75, 3.05) is 5.73 Å². The van der Waals surface area contributed by atoms with Crippen molar-refractivity contribution in [1.29, 1.82) is 0 Å². The lowest BCUT2D eigenvalue weighted by Gasteiger charge is -2.07. The topological polar surface area (TPSA) is 81.0 Å². The maximum Gasteiger partial charge on any atom is 0.254 e. The van der Waals surface area contributed by atoms with Crippen LogP contribution in [-0.4, -0.2) is 9.97 Å². The van der Waals surface area contributed by atoms with E-state index in [0.717, 1.165) is 18.2 Å². The average Bonchev–Trinajstić information content (AvgIpc) is 2.35. The normalized spacial score (nSPS) is 10.5. The van der Waals surface area contributed by atoms with E-state index in [1.54, 1.807) is 6.92 Å². The third kappa shape index (κ3) is 2.87. The lowest BCUT2D eigenvalue weighted by Crippen LogP contribution is -2.10. The summed E-state index contributed by atoms with van der Waals surface area (Å²) in [6.07, 6.45) is 0.477. The summed E-state index contributed by atoms with van der Waals surface area (Å²) in [5.74, 6) is -1.75. The van der Waals surface area contributed by atoms with Crippen molar-refractivity contribution in [1.82, 2.24) is 9.97 Å². The quantitative estimate of drug-likeness (QED) is 0.833. The van der Waals surface area contributed by atoms with Gasteiger partial charge in [0.2, 0.25) is 5.88 Å². The molecular formula is C12H11F2N3O2. The highest BCUT2D eigenvalue weighted by atomic mass is 19.1. The van der Waals surface area contributed by atoms with Gasteiger partial charge in [0.25, 0.3) is 5.56 Å². The van der Waals surface area contributed by atoms with Crippen molar-refractivity contribution >= 4 is 5.69 Å². The summed E-state index contributed by atoms with van der Waals surface area (Å²) in [6.45, 7) is 1.78. The van der Waals surface area contributed by atoms with Crippen molar-refractivity contribution in [3.63, 3.8) is 0 Å². The van der Waals surface area contributed by atoms with Crippen LogP contribution in [0.25, 0.3) is 0 Å². The summed E-state index contributed by atoms with van der Waals surface area (Å²) in [5, 5.41) is 0. The summed E-state index contributed by atoms with van der Waals surface area (Å²) >= 11 is 0. The highest BCUT2D eigenvalue weighted by Crippen LogP contribution is 2.26. The van der Waals surface area contributed by atoms with Gasteiger partial charge in [-0.2, -0.15) is 4.98 Å². The monoisotopic (exact) mass is 267 g/mol. The smallest absolute Gasteiger partial charge is 0.254 e. The number of hydrogen-bond donors (Lipinski definition) is 2. The molecule has 19 heavy (non-hydrogen) atoms. The number of ether oxygens (including phenoxy) is 1. The molecule has 0 saturated heterocycles. The fourth-order valence-corrected chi connectivity index (χ4v) is 1.44. The fraction of sp³-hybridized carbons (Fsp3) is 0.167. The molecular weight excluding hydrogens is 256 g/mol. The van der Waals surface area contributed by atoms with Crippen molar-refractivity contribution < 1.29 is 13.5 Å². The summed E-state index contributed by atoms with van der Waals surface area (Å²) in [7, 11) is 0. The predicted molar refractivity (Wildman–Crippen MR) is 65.1 cm³/mol. The van der Waals surface area contributed by atoms with Gasteiger partial charge in [-0.3, -0.25) is 4.79 Å². The van der Waals surface area contributed by atoms with Crippen LogP contribution in [0, 0.1) is 11.6 Å². The van der Waals surface area contributed by atoms with Crippen LogP contribution in [0.15, 0.2) is 23.0 Å². The van der Waals surface area contributed by atoms with Gasteiger partial charge in [0.05, 0.1) is 11.8 Å². The number of hydrogen-bond acceptors (Lipinski definition) is 4. The van der Waals surface area contributed by atoms with Gasteiger partial charge in [0, 0.05) is 18.6 Å². The number of H-pyrrole nitrogens is 1. The number of nitrogens with two attached hydrogens (primary N) is 1. The number of rotatable bonds is 3. The second kappa shape index (κ2) is 5.05. The first kappa shape index (κ1) is 13.0. The average molecular weight is 267 g/mol. The SMILES string of the molecule is CCc1nc(Oc2cc(F)c(N)cc2F)cc(=O)[nH]1. The highest BCUT2D eigenvalue weighted by Gasteiger charge is 2.11. The summed E-state index contributed by atoms with van der Waals surface area (Å²) in [4.78, 5) is 17.7. The molecule has 0 spiro atoms. The van der Waals surface area contributed by atoms with E-state index in [4.69, 9.17) is 10.5 Å². The standard InChI is InChI=1S/C12H11F2N3O2/c1-2-10-16-11(18)5-12(17-10)19-9-4-6(13)8(15)3-7(9)14/h3-5H,2,15H2,1H3,(H,16,17,18). The summed E-state index contributed by atoms with van der Waals surface area (Å²) in [5.41, 5.74) is 4.46. The van der Waals surface area contributed by atoms with Crippen LogP contribution < -0.4 is 16.0 Å². The van der Waals surface area contributed by atoms with E-state index in [1.807, 2.05) is 0 Å². The molecule has 0 radical (unpaired) electrons. The molecule has 0 aliphatic carbocycles. The first-order valence-electron chi connectivity index (χ1n) is 5.52. The largest absolute Gasteiger partial charge is 0.436 e. The van der Waals surface area contributed by atoms with Crippen LogP contribution >= 0.6 is 0 Å². The van der Waals surface area contributed by atoms with Gasteiger partial charge in [-0.1, -0.05) is 6.92 Å². The molecule has 0 unspecified atom stereocenters. The Hall–Kier alpha value is -2.44. The van der Waals surface area contributed by atoms with E-state index in [2.05, 4.69) is 9.97 Å². The molecule has 0 amide bonds. The number of anilines is 1. The molecule has 1 aromatic heterocycles. The van der Waals surface area contributed by atoms with Crippen LogP contribution in [0.4, 0.5) is 14.5 Å². The Morgan fingerprint density at radius 2 is 2.05 bits per heavy atom. The molecule has 2 aromatic rings. The Morgan fingerprint density at radius 1 is 1.32 bits per heavy atom. The molecule has 100 valence electrons. The number of aromatic nitrogens is 2. The van der Waals surface area contributed by atoms with E-state index in [9.17, 15) is 13.6 Å². The van der Waals surface area contributed by atoms with Gasteiger partial charge in [-0.05, 0) is 0 Å². The number of nitrogens with zero attached hydrogens (tertiary/aromatic N) is 1. The van der Waals surface area contributed by atoms with E-state index in [-0.39, 0.29) is 17.3 Å². The summed E-state index contributed by atoms with van der Waals surface area (Å²) in [6, 6.07) is 2.66. The maximum absolute atomic E-state index is 13.5. The Kier molecular flexibility index (Phi) is 3.46. The number of nitrogen functional groups attached to an aromatic ring is 1. The first-order valence-corrected chi connectivity index (χ1v) is 5.52. The molecule has 3 N–H and O–H groups in total. The highest BCUT2D eigenvalue weighted by molar-refractivity contribution is 5.45. The Labute approximate surface area is 107 Å². The maximum atomic E-state index is 13.5. The third-order valence-corrected chi connectivity index (χ3v) is 2.37. The molecule has 0 atom stereocenters. The number of aromatic amines is 1. The van der Waals surface area contributed by atoms with E-state index < -0.39 is 17.2 Å². The van der Waals surface area contributed by atoms with Crippen molar-refractivity contribution in [2.24, 2.45) is 0 Å². The fourth-order valence-electron chi connectivity index (χ4n) is 1.44. The number of halogens is 2. The molecule has 0 fully saturated rings. The number of benzene rings is 1. The van der Waals surface area contributed by atoms with Gasteiger partial charge in [-0.25, -0.2) is 8.78 Å². The van der Waals surface area contributed by atoms with Gasteiger partial charge >= 0.3 is 0 Å². The van der Waals surface area contributed by atoms with Gasteiger partial charge in [0.15, 0.2) is 11.6 Å². The van der Waals surface area contributed by atoms with Crippen LogP contribution in [0.1, 0.15) is 12.7 Å². The molecule has 0 saturated carbocycles. The zero-order chi connectivity index (χ0) is 14.0. The molecule has 0 aliphatic rings. The Bertz CT molecular complexity index is 671. The van der Waals surface area contributed by atoms with E-state index >= 15 is 0 Å². The summed E-state index contributed by atoms with van der Waals surface area (Å²) < 4.78 is 31.8. The minimum absolute atomic E-state index is 0.108. The lowest BCUT2D eigenvalue weighted by molar-refractivity contribution is 0.419. The lowest BCUT2D eigenvalue weighted by atomic mass is 10.3. The molecule has 1 heterocycles. The van der Waals surface area contributed by atoms with E-state index in [1.165, 1.54) is 0 Å². The van der Waals surface area contributed by atoms with Crippen LogP contribution in [0.2, 0.25) is 0 Å². The van der Waals surface area contributed by atoms with Crippen LogP contribution in [-0.2, 0) is 6.42 Å². The Balaban J connectivity index is 2.38. The zero-order valence-electron chi connectivity index (χ0n) is 10.0. The van der Waals surface area contributed by atoms with Crippen molar-refractivity contribution in [3.05, 3.63) is 46.0 Å². The van der Waals surface area contributed by atoms with Crippen LogP contribution in [0.5, 0.6) is 11.6 Å². The molecule has 2 rings (SSSR count). The van der Waals surface area contributed by atoms with Gasteiger partial charge in [0.1, 0.15) is 11.6 Å². The van der Waals surface area contributed by atoms with Crippen LogP contribution in [0.3, 0.4) is 0 Å². The Morgan fingerprint density at radius 3 is 2.74 bits per heavy atom. The molecule has 0 aliphatic heterocycles. The minimum atomic E-state index is -0.834. The van der Waals surface area contributed by atoms with E-state index in [0.29, 0.717) is 12.2 Å². The molecule has 1 aromatic carbocycles. The second-order valence-corrected chi connectivity index (χ2v) is 3.79. The minimum Gasteiger partial charge on any atom is -0.436 e. The zero-order valence-corrected chi connectivity index (χ0v) is 10.0. The molecule has 7 heteroatoms. The number of aryl methyl sites for hydroxylation is 1. The van der Waals surface area contributed by atoms with Crippen molar-refractivity contribution in [3.8, 4) is 11.6 Å². The number of nitrogens with one attached hydrogen (secondary N) is 1. The predicted octanol–water partition coefficient (Wildman–Crippen LogP) is 1.98. The molecule has 0 bridgehead atoms. The van der Waals surface area contributed by atoms with Gasteiger partial charge in [-0.15, -0.1) is 0 Å².